The molecule has 0 aromatic rings. The topological polar surface area (TPSA) is 66.4 Å². The summed E-state index contributed by atoms with van der Waals surface area (Å²) in [5.41, 5.74) is 0. The van der Waals surface area contributed by atoms with Crippen molar-refractivity contribution in [3.05, 3.63) is 0 Å². The number of ether oxygens (including phenoxy) is 3. The van der Waals surface area contributed by atoms with Gasteiger partial charge in [-0.15, -0.1) is 0 Å². The Balaban J connectivity index is 2.92. The summed E-state index contributed by atoms with van der Waals surface area (Å²) in [6.07, 6.45) is 0. The van der Waals surface area contributed by atoms with Crippen LogP contribution in [0.15, 0.2) is 0 Å². The largest absolute Gasteiger partial charge is 0.382 e. The van der Waals surface area contributed by atoms with Crippen LogP contribution in [0.3, 0.4) is 0 Å². The fourth-order valence-electron chi connectivity index (χ4n) is 0.691. The summed E-state index contributed by atoms with van der Waals surface area (Å²) in [4.78, 5) is 8.88. The van der Waals surface area contributed by atoms with Gasteiger partial charge in [0.25, 0.3) is 0 Å². The van der Waals surface area contributed by atoms with Gasteiger partial charge in [-0.3, -0.25) is 0 Å². The van der Waals surface area contributed by atoms with Crippen LogP contribution in [0.2, 0.25) is 0 Å². The minimum Gasteiger partial charge on any atom is -0.382 e. The monoisotopic (exact) mass is 242 g/mol. The maximum Gasteiger partial charge on any atom is 0.329 e. The van der Waals surface area contributed by atoms with Crippen molar-refractivity contribution in [2.45, 2.75) is 0 Å². The molecule has 0 aliphatic heterocycles. The van der Waals surface area contributed by atoms with Gasteiger partial charge in [0, 0.05) is 14.2 Å². The Morgan fingerprint density at radius 3 is 1.93 bits per heavy atom. The van der Waals surface area contributed by atoms with Gasteiger partial charge in [-0.1, -0.05) is 0 Å². The summed E-state index contributed by atoms with van der Waals surface area (Å²) in [6.45, 7) is 2.92. The first-order valence-corrected chi connectivity index (χ1v) is 5.74. The number of methoxy groups -OCH3 is 1. The Kier molecular flexibility index (Phi) is 12.4. The lowest BCUT2D eigenvalue weighted by molar-refractivity contribution is 0.0168. The molecule has 0 aliphatic rings. The van der Waals surface area contributed by atoms with Gasteiger partial charge in [0.15, 0.2) is 0 Å². The second-order valence-corrected chi connectivity index (χ2v) is 3.57. The van der Waals surface area contributed by atoms with Gasteiger partial charge >= 0.3 is 8.60 Å². The van der Waals surface area contributed by atoms with Gasteiger partial charge in [0.2, 0.25) is 0 Å². The van der Waals surface area contributed by atoms with Crippen LogP contribution in [0.25, 0.3) is 0 Å². The second-order valence-electron chi connectivity index (χ2n) is 2.47. The predicted molar refractivity (Wildman–Crippen MR) is 55.6 cm³/mol. The van der Waals surface area contributed by atoms with E-state index in [0.29, 0.717) is 39.6 Å². The smallest absolute Gasteiger partial charge is 0.329 e. The van der Waals surface area contributed by atoms with E-state index in [1.165, 1.54) is 7.11 Å². The van der Waals surface area contributed by atoms with E-state index in [4.69, 9.17) is 23.6 Å². The minimum atomic E-state index is -1.74. The summed E-state index contributed by atoms with van der Waals surface area (Å²) in [5, 5.41) is 0. The molecule has 0 spiro atoms. The van der Waals surface area contributed by atoms with Gasteiger partial charge < -0.3 is 28.2 Å². The maximum atomic E-state index is 8.88. The summed E-state index contributed by atoms with van der Waals surface area (Å²) in [7, 11) is 1.27. The molecule has 0 aromatic carbocycles. The highest BCUT2D eigenvalue weighted by molar-refractivity contribution is 7.40. The van der Waals surface area contributed by atoms with E-state index in [9.17, 15) is 0 Å². The molecular weight excluding hydrogens is 223 g/mol. The molecule has 0 aliphatic carbocycles. The molecule has 1 N–H and O–H groups in total. The highest BCUT2D eigenvalue weighted by Gasteiger charge is 2.01. The van der Waals surface area contributed by atoms with Crippen LogP contribution in [-0.4, -0.2) is 58.8 Å². The highest BCUT2D eigenvalue weighted by Crippen LogP contribution is 2.30. The van der Waals surface area contributed by atoms with Crippen LogP contribution in [0.4, 0.5) is 0 Å². The van der Waals surface area contributed by atoms with Crippen LogP contribution in [0, 0.1) is 0 Å². The quantitative estimate of drug-likeness (QED) is 0.421. The molecule has 0 amide bonds. The van der Waals surface area contributed by atoms with Gasteiger partial charge in [0.1, 0.15) is 0 Å². The first-order chi connectivity index (χ1) is 7.31. The molecule has 1 atom stereocenters. The van der Waals surface area contributed by atoms with Gasteiger partial charge in [-0.2, -0.15) is 0 Å². The molecule has 0 heterocycles. The molecule has 0 radical (unpaired) electrons. The normalized spacial score (nSPS) is 13.0. The van der Waals surface area contributed by atoms with E-state index < -0.39 is 8.60 Å². The van der Waals surface area contributed by atoms with Crippen molar-refractivity contribution >= 4 is 8.60 Å². The van der Waals surface area contributed by atoms with Crippen molar-refractivity contribution in [1.29, 1.82) is 0 Å². The predicted octanol–water partition coefficient (Wildman–Crippen LogP) is 0.548. The Morgan fingerprint density at radius 2 is 1.40 bits per heavy atom. The second kappa shape index (κ2) is 12.3. The first-order valence-electron chi connectivity index (χ1n) is 4.61. The van der Waals surface area contributed by atoms with E-state index in [1.807, 2.05) is 0 Å². The standard InChI is InChI=1S/C8H19O6P/c1-10-3-4-12-5-6-13-7-8-14-15(9)11-2/h9H,3-8H2,1-2H3. The van der Waals surface area contributed by atoms with Crippen molar-refractivity contribution < 1.29 is 28.2 Å². The molecule has 0 rings (SSSR count). The third-order valence-corrected chi connectivity index (χ3v) is 2.11. The van der Waals surface area contributed by atoms with Crippen molar-refractivity contribution in [1.82, 2.24) is 0 Å². The summed E-state index contributed by atoms with van der Waals surface area (Å²) >= 11 is 0. The van der Waals surface area contributed by atoms with E-state index in [1.54, 1.807) is 7.11 Å². The number of hydrogen-bond acceptors (Lipinski definition) is 6. The maximum absolute atomic E-state index is 8.88. The Labute approximate surface area is 91.4 Å². The molecule has 7 heteroatoms. The summed E-state index contributed by atoms with van der Waals surface area (Å²) < 4.78 is 24.5. The van der Waals surface area contributed by atoms with Crippen molar-refractivity contribution in [2.75, 3.05) is 53.9 Å². The zero-order valence-electron chi connectivity index (χ0n) is 9.18. The van der Waals surface area contributed by atoms with Crippen LogP contribution in [0.5, 0.6) is 0 Å². The number of rotatable bonds is 11. The minimum absolute atomic E-state index is 0.314. The molecule has 0 saturated heterocycles. The lowest BCUT2D eigenvalue weighted by atomic mass is 10.7. The SMILES string of the molecule is COCCOCCOCCOP(O)OC. The Bertz CT molecular complexity index is 126. The molecule has 0 aromatic heterocycles. The molecule has 0 fully saturated rings. The zero-order chi connectivity index (χ0) is 11.4. The molecule has 92 valence electrons. The molecule has 15 heavy (non-hydrogen) atoms. The lowest BCUT2D eigenvalue weighted by Gasteiger charge is -2.08. The van der Waals surface area contributed by atoms with Crippen LogP contribution in [0.1, 0.15) is 0 Å². The van der Waals surface area contributed by atoms with E-state index in [0.717, 1.165) is 0 Å². The number of hydrogen-bond donors (Lipinski definition) is 1. The van der Waals surface area contributed by atoms with E-state index >= 15 is 0 Å². The third kappa shape index (κ3) is 12.1. The van der Waals surface area contributed by atoms with Gasteiger partial charge in [0.05, 0.1) is 39.6 Å². The molecular formula is C8H19O6P. The lowest BCUT2D eigenvalue weighted by Crippen LogP contribution is -2.10. The zero-order valence-corrected chi connectivity index (χ0v) is 10.1. The average molecular weight is 242 g/mol. The Hall–Kier alpha value is 0.190. The van der Waals surface area contributed by atoms with E-state index in [-0.39, 0.29) is 0 Å². The Morgan fingerprint density at radius 1 is 0.867 bits per heavy atom. The fourth-order valence-corrected chi connectivity index (χ4v) is 1.03. The first kappa shape index (κ1) is 15.2. The van der Waals surface area contributed by atoms with Gasteiger partial charge in [-0.25, -0.2) is 0 Å². The van der Waals surface area contributed by atoms with Crippen LogP contribution >= 0.6 is 8.60 Å². The van der Waals surface area contributed by atoms with Crippen LogP contribution < -0.4 is 0 Å². The summed E-state index contributed by atoms with van der Waals surface area (Å²) in [6, 6.07) is 0. The molecule has 6 nitrogen and oxygen atoms in total. The molecule has 1 unspecified atom stereocenters. The van der Waals surface area contributed by atoms with Gasteiger partial charge in [-0.05, 0) is 0 Å². The van der Waals surface area contributed by atoms with E-state index in [2.05, 4.69) is 4.52 Å². The summed E-state index contributed by atoms with van der Waals surface area (Å²) in [5.74, 6) is 0. The average Bonchev–Trinajstić information content (AvgIpc) is 2.26. The third-order valence-electron chi connectivity index (χ3n) is 1.39. The highest BCUT2D eigenvalue weighted by atomic mass is 31.2. The van der Waals surface area contributed by atoms with Crippen LogP contribution in [-0.2, 0) is 23.3 Å². The molecule has 0 bridgehead atoms. The van der Waals surface area contributed by atoms with Crippen molar-refractivity contribution in [2.24, 2.45) is 0 Å². The fraction of sp³-hybridized carbons (Fsp3) is 1.00. The van der Waals surface area contributed by atoms with Crippen molar-refractivity contribution in [3.8, 4) is 0 Å². The van der Waals surface area contributed by atoms with Crippen molar-refractivity contribution in [3.63, 3.8) is 0 Å². The molecule has 0 saturated carbocycles.